The van der Waals surface area contributed by atoms with Crippen LogP contribution in [-0.4, -0.2) is 155 Å². The predicted octanol–water partition coefficient (Wildman–Crippen LogP) is 16.7. The number of likely N-dealkylation sites (N-methyl/N-ethyl adjacent to an activating group) is 1. The number of hydrogen-bond donors (Lipinski definition) is 7. The lowest BCUT2D eigenvalue weighted by molar-refractivity contribution is -0.118. The van der Waals surface area contributed by atoms with E-state index in [1.54, 1.807) is 18.5 Å². The van der Waals surface area contributed by atoms with E-state index in [9.17, 15) is 14.4 Å². The highest BCUT2D eigenvalue weighted by molar-refractivity contribution is 9.08. The molecule has 0 saturated heterocycles. The van der Waals surface area contributed by atoms with E-state index in [1.807, 2.05) is 169 Å². The second-order valence-electron chi connectivity index (χ2n) is 35.8. The fraction of sp³-hybridized carbons (Fsp3) is 0.333. The Morgan fingerprint density at radius 2 is 0.605 bits per heavy atom. The number of ether oxygens (including phenoxy) is 1. The SMILES string of the molecule is CC(=O)CCC(C)(C)n1nc(-c2ccc(C)cc2)c2c(N)ncnc21.CC(=O)CCC(C)(C)n1nc(-c2ccc(C)cc2)c2c(N)ncnc21.Cc1ccc(-c2nn(C(C)(C)CN(C)C)c3ncnc(N)c23)cc1.Cc1ccc(-c2nn(C(C)(C)CNBr)c3ncnc(N)c23)cc1.Cc1ccc(-c2nn(C(C)(C)CNC(=O)OCc3ccccc3)c3ncnc(N)c23)cc1. The molecule has 16 aromatic rings. The molecule has 33 heteroatoms. The van der Waals surface area contributed by atoms with Crippen LogP contribution in [0.3, 0.4) is 0 Å². The van der Waals surface area contributed by atoms with Crippen molar-refractivity contribution in [1.29, 1.82) is 0 Å². The summed E-state index contributed by atoms with van der Waals surface area (Å²) in [7, 11) is 4.11. The molecular weight excluding hydrogens is 1690 g/mol. The molecule has 10 heterocycles. The molecule has 0 atom stereocenters. The van der Waals surface area contributed by atoms with E-state index in [4.69, 9.17) is 58.9 Å². The highest BCUT2D eigenvalue weighted by Gasteiger charge is 2.34. The number of benzene rings is 6. The van der Waals surface area contributed by atoms with Crippen molar-refractivity contribution < 1.29 is 19.1 Å². The van der Waals surface area contributed by atoms with Gasteiger partial charge in [-0.1, -0.05) is 179 Å². The van der Waals surface area contributed by atoms with Crippen LogP contribution in [0.2, 0.25) is 0 Å². The third kappa shape index (κ3) is 21.9. The molecule has 16 rings (SSSR count). The van der Waals surface area contributed by atoms with Gasteiger partial charge in [-0.25, -0.2) is 78.0 Å². The lowest BCUT2D eigenvalue weighted by Crippen LogP contribution is -2.41. The molecule has 0 spiro atoms. The average Bonchev–Trinajstić information content (AvgIpc) is 1.63. The number of Topliss-reactive ketones (excluding diaryl/α,β-unsaturated/α-hetero) is 2. The van der Waals surface area contributed by atoms with Crippen molar-refractivity contribution in [2.75, 3.05) is 62.4 Å². The average molecular weight is 1810 g/mol. The zero-order chi connectivity index (χ0) is 93.2. The molecular formula is C96H115BrN28O4. The van der Waals surface area contributed by atoms with Crippen molar-refractivity contribution in [1.82, 2.24) is 113 Å². The number of halogens is 1. The number of carbonyl (C=O) groups is 3. The Balaban J connectivity index is 0.000000147. The Labute approximate surface area is 759 Å². The van der Waals surface area contributed by atoms with Gasteiger partial charge in [0.15, 0.2) is 28.2 Å². The van der Waals surface area contributed by atoms with Gasteiger partial charge in [-0.2, -0.15) is 25.5 Å². The number of fused-ring (bicyclic) bond motifs is 5. The minimum absolute atomic E-state index is 0.164. The Bertz CT molecular complexity index is 6480. The van der Waals surface area contributed by atoms with Gasteiger partial charge in [0, 0.05) is 76.4 Å². The van der Waals surface area contributed by atoms with E-state index in [0.29, 0.717) is 89.3 Å². The highest BCUT2D eigenvalue weighted by atomic mass is 79.9. The van der Waals surface area contributed by atoms with Gasteiger partial charge in [0.1, 0.15) is 107 Å². The van der Waals surface area contributed by atoms with Crippen LogP contribution in [0.1, 0.15) is 142 Å². The summed E-state index contributed by atoms with van der Waals surface area (Å²) in [5, 5.41) is 30.8. The second kappa shape index (κ2) is 39.5. The molecule has 1 amide bonds. The van der Waals surface area contributed by atoms with Crippen molar-refractivity contribution in [3.8, 4) is 56.3 Å². The van der Waals surface area contributed by atoms with E-state index in [0.717, 1.165) is 101 Å². The van der Waals surface area contributed by atoms with Crippen LogP contribution in [0.4, 0.5) is 33.9 Å². The number of aromatic nitrogens is 20. The smallest absolute Gasteiger partial charge is 0.407 e. The third-order valence-electron chi connectivity index (χ3n) is 22.2. The summed E-state index contributed by atoms with van der Waals surface area (Å²) in [5.74, 6) is 2.42. The molecule has 0 saturated carbocycles. The van der Waals surface area contributed by atoms with Crippen molar-refractivity contribution in [2.24, 2.45) is 0 Å². The molecule has 32 nitrogen and oxygen atoms in total. The quantitative estimate of drug-likeness (QED) is 0.0276. The number of nitrogen functional groups attached to an aromatic ring is 5. The maximum Gasteiger partial charge on any atom is 0.407 e. The molecule has 10 aromatic heterocycles. The first-order valence-corrected chi connectivity index (χ1v) is 43.2. The molecule has 0 aliphatic rings. The van der Waals surface area contributed by atoms with Gasteiger partial charge in [0.2, 0.25) is 0 Å². The molecule has 0 bridgehead atoms. The summed E-state index contributed by atoms with van der Waals surface area (Å²) in [6.45, 7) is 36.1. The number of nitrogens with zero attached hydrogens (tertiary/aromatic N) is 21. The number of amides is 1. The van der Waals surface area contributed by atoms with E-state index in [2.05, 4.69) is 200 Å². The molecule has 129 heavy (non-hydrogen) atoms. The summed E-state index contributed by atoms with van der Waals surface area (Å²) >= 11 is 3.27. The molecule has 6 aromatic carbocycles. The van der Waals surface area contributed by atoms with Crippen LogP contribution < -0.4 is 38.3 Å². The Morgan fingerprint density at radius 3 is 0.853 bits per heavy atom. The molecule has 0 fully saturated rings. The number of carbonyl (C=O) groups excluding carboxylic acids is 3. The first-order chi connectivity index (χ1) is 61.2. The van der Waals surface area contributed by atoms with Crippen LogP contribution in [0, 0.1) is 34.6 Å². The van der Waals surface area contributed by atoms with Gasteiger partial charge in [0.25, 0.3) is 0 Å². The first-order valence-electron chi connectivity index (χ1n) is 42.4. The topological polar surface area (TPSA) is 436 Å². The summed E-state index contributed by atoms with van der Waals surface area (Å²) in [6.07, 6.45) is 9.16. The molecule has 670 valence electrons. The van der Waals surface area contributed by atoms with Crippen molar-refractivity contribution in [3.63, 3.8) is 0 Å². The van der Waals surface area contributed by atoms with Crippen molar-refractivity contribution in [3.05, 3.63) is 217 Å². The van der Waals surface area contributed by atoms with Crippen molar-refractivity contribution in [2.45, 2.75) is 178 Å². The molecule has 0 unspecified atom stereocenters. The Kier molecular flexibility index (Phi) is 28.9. The fourth-order valence-electron chi connectivity index (χ4n) is 14.9. The van der Waals surface area contributed by atoms with E-state index in [-0.39, 0.29) is 46.9 Å². The van der Waals surface area contributed by atoms with Gasteiger partial charge in [-0.05, 0) is 150 Å². The number of ketones is 2. The number of rotatable bonds is 24. The standard InChI is InChI=1S/C24H26N6O2.2C19H23N5O.C18H24N6.C16H19BrN6/c1-16-9-11-18(12-10-16)20-19-21(25)27-15-28-22(19)30(29-20)24(2,3)14-26-23(31)32-13-17-7-5-4-6-8-17;2*1-12-5-7-14(8-6-12)16-15-17(20)21-11-22-18(15)24(23-16)19(3,4)10-9-13(2)25;1-12-6-8-13(9-7-12)15-14-16(19)20-11-21-17(14)24(22-15)18(2,3)10-23(4)5;1-10-4-6-11(7-5-10)13-12-14(18)19-9-20-15(12)23(22-13)16(2,3)8-21-17/h4-12,15H,13-14H2,1-3H3,(H,26,31)(H2,25,27,28);2*5-8,11H,9-10H2,1-4H3,(H2,20,21,22);6-9,11H,10H2,1-5H3,(H2,19,20,21);4-7,9,21H,8H2,1-3H3,(H2,18,19,20). The first kappa shape index (κ1) is 94.2. The Morgan fingerprint density at radius 1 is 0.357 bits per heavy atom. The number of nitrogens with one attached hydrogen (secondary N) is 2. The molecule has 12 N–H and O–H groups in total. The third-order valence-corrected chi connectivity index (χ3v) is 22.5. The van der Waals surface area contributed by atoms with Crippen molar-refractivity contribution >= 4 is 118 Å². The van der Waals surface area contributed by atoms with Gasteiger partial charge < -0.3 is 53.2 Å². The molecule has 0 aliphatic heterocycles. The lowest BCUT2D eigenvalue weighted by Gasteiger charge is -2.29. The van der Waals surface area contributed by atoms with Crippen LogP contribution in [0.5, 0.6) is 0 Å². The zero-order valence-corrected chi connectivity index (χ0v) is 78.4. The number of nitrogens with two attached hydrogens (primary N) is 5. The van der Waals surface area contributed by atoms with Crippen LogP contribution >= 0.6 is 16.1 Å². The minimum Gasteiger partial charge on any atom is -0.445 e. The van der Waals surface area contributed by atoms with Gasteiger partial charge in [-0.15, -0.1) is 0 Å². The number of aryl methyl sites for hydroxylation is 5. The normalized spacial score (nSPS) is 11.9. The maximum atomic E-state index is 12.3. The van der Waals surface area contributed by atoms with E-state index in [1.165, 1.54) is 53.9 Å². The minimum atomic E-state index is -0.603. The highest BCUT2D eigenvalue weighted by Crippen LogP contribution is 2.40. The van der Waals surface area contributed by atoms with Crippen LogP contribution in [0.25, 0.3) is 111 Å². The largest absolute Gasteiger partial charge is 0.445 e. The van der Waals surface area contributed by atoms with Crippen LogP contribution in [-0.2, 0) is 48.6 Å². The molecule has 0 aliphatic carbocycles. The predicted molar refractivity (Wildman–Crippen MR) is 516 cm³/mol. The van der Waals surface area contributed by atoms with E-state index < -0.39 is 11.6 Å². The summed E-state index contributed by atoms with van der Waals surface area (Å²) in [4.78, 5) is 80.2. The van der Waals surface area contributed by atoms with Gasteiger partial charge in [-0.3, -0.25) is 4.34 Å². The summed E-state index contributed by atoms with van der Waals surface area (Å²) in [5.41, 5.74) is 48.0. The maximum absolute atomic E-state index is 12.3. The lowest BCUT2D eigenvalue weighted by atomic mass is 9.97. The second-order valence-corrected chi connectivity index (χ2v) is 36.4. The number of alkyl carbamates (subject to hydrolysis) is 1. The fourth-order valence-corrected chi connectivity index (χ4v) is 15.6. The van der Waals surface area contributed by atoms with E-state index >= 15 is 0 Å². The number of hydrogen-bond acceptors (Lipinski definition) is 26. The summed E-state index contributed by atoms with van der Waals surface area (Å²) < 4.78 is 17.8. The number of anilines is 5. The van der Waals surface area contributed by atoms with Gasteiger partial charge >= 0.3 is 6.09 Å². The van der Waals surface area contributed by atoms with Gasteiger partial charge in [0.05, 0.1) is 54.6 Å². The zero-order valence-electron chi connectivity index (χ0n) is 76.8. The monoisotopic (exact) mass is 1800 g/mol. The Hall–Kier alpha value is -13.9. The summed E-state index contributed by atoms with van der Waals surface area (Å²) in [6, 6.07) is 50.3. The molecule has 0 radical (unpaired) electrons. The van der Waals surface area contributed by atoms with Crippen LogP contribution in [0.15, 0.2) is 183 Å².